The van der Waals surface area contributed by atoms with E-state index in [1.54, 1.807) is 12.1 Å². The van der Waals surface area contributed by atoms with Crippen LogP contribution < -0.4 is 0 Å². The van der Waals surface area contributed by atoms with Crippen LogP contribution in [0.15, 0.2) is 27.6 Å². The zero-order valence-electron chi connectivity index (χ0n) is 8.01. The quantitative estimate of drug-likeness (QED) is 0.767. The van der Waals surface area contributed by atoms with Crippen molar-refractivity contribution in [2.45, 2.75) is 23.2 Å². The van der Waals surface area contributed by atoms with Crippen LogP contribution in [0.4, 0.5) is 13.2 Å². The molecule has 0 heterocycles. The van der Waals surface area contributed by atoms with Gasteiger partial charge in [0.05, 0.1) is 6.07 Å². The van der Waals surface area contributed by atoms with Crippen LogP contribution in [-0.2, 0) is 6.42 Å². The topological polar surface area (TPSA) is 23.8 Å². The van der Waals surface area contributed by atoms with Crippen molar-refractivity contribution in [3.05, 3.63) is 28.2 Å². The van der Waals surface area contributed by atoms with Crippen LogP contribution in [0.5, 0.6) is 0 Å². The average molecular weight is 310 g/mol. The second-order valence-corrected chi connectivity index (χ2v) is 4.98. The van der Waals surface area contributed by atoms with E-state index in [1.165, 1.54) is 6.07 Å². The summed E-state index contributed by atoms with van der Waals surface area (Å²) in [5.41, 5.74) is -3.76. The maximum atomic E-state index is 12.3. The smallest absolute Gasteiger partial charge is 0.198 e. The van der Waals surface area contributed by atoms with Crippen molar-refractivity contribution >= 4 is 27.7 Å². The molecule has 1 aromatic carbocycles. The highest BCUT2D eigenvalue weighted by molar-refractivity contribution is 9.10. The Labute approximate surface area is 104 Å². The monoisotopic (exact) mass is 309 g/mol. The van der Waals surface area contributed by atoms with Gasteiger partial charge in [-0.15, -0.1) is 0 Å². The summed E-state index contributed by atoms with van der Waals surface area (Å²) < 4.78 is 37.4. The summed E-state index contributed by atoms with van der Waals surface area (Å²) in [6.07, 6.45) is 0.551. The third-order valence-electron chi connectivity index (χ3n) is 1.76. The normalized spacial score (nSPS) is 11.2. The Bertz CT molecular complexity index is 412. The molecule has 0 atom stereocenters. The summed E-state index contributed by atoms with van der Waals surface area (Å²) in [6.45, 7) is 0. The predicted molar refractivity (Wildman–Crippen MR) is 60.0 cm³/mol. The van der Waals surface area contributed by atoms with Gasteiger partial charge in [0.2, 0.25) is 0 Å². The number of hydrogen-bond donors (Lipinski definition) is 0. The van der Waals surface area contributed by atoms with Gasteiger partial charge >= 0.3 is 5.51 Å². The van der Waals surface area contributed by atoms with Crippen LogP contribution in [-0.4, -0.2) is 5.51 Å². The second-order valence-electron chi connectivity index (χ2n) is 2.96. The van der Waals surface area contributed by atoms with Gasteiger partial charge < -0.3 is 0 Å². The standard InChI is InChI=1S/C10H7BrF3NS/c11-8-4-3-7(2-1-5-15)9(6-8)16-10(12,13)14/h3-4,6H,1-2H2. The minimum Gasteiger partial charge on any atom is -0.198 e. The van der Waals surface area contributed by atoms with Gasteiger partial charge in [0.15, 0.2) is 0 Å². The number of nitriles is 1. The lowest BCUT2D eigenvalue weighted by molar-refractivity contribution is -0.0328. The van der Waals surface area contributed by atoms with Crippen LogP contribution in [0.2, 0.25) is 0 Å². The van der Waals surface area contributed by atoms with Crippen molar-refractivity contribution < 1.29 is 13.2 Å². The van der Waals surface area contributed by atoms with Gasteiger partial charge in [-0.2, -0.15) is 18.4 Å². The van der Waals surface area contributed by atoms with E-state index in [0.29, 0.717) is 16.5 Å². The first-order chi connectivity index (χ1) is 7.42. The zero-order chi connectivity index (χ0) is 12.2. The van der Waals surface area contributed by atoms with E-state index in [9.17, 15) is 13.2 Å². The number of alkyl halides is 3. The Morgan fingerprint density at radius 2 is 2.06 bits per heavy atom. The number of thioether (sulfide) groups is 1. The largest absolute Gasteiger partial charge is 0.446 e. The number of benzene rings is 1. The van der Waals surface area contributed by atoms with Crippen molar-refractivity contribution in [2.24, 2.45) is 0 Å². The Kier molecular flexibility index (Phi) is 4.69. The highest BCUT2D eigenvalue weighted by Crippen LogP contribution is 2.39. The van der Waals surface area contributed by atoms with Gasteiger partial charge in [-0.25, -0.2) is 0 Å². The molecule has 0 N–H and O–H groups in total. The third kappa shape index (κ3) is 4.45. The lowest BCUT2D eigenvalue weighted by Crippen LogP contribution is -2.01. The number of rotatable bonds is 3. The Morgan fingerprint density at radius 1 is 1.38 bits per heavy atom. The van der Waals surface area contributed by atoms with Crippen molar-refractivity contribution in [1.82, 2.24) is 0 Å². The van der Waals surface area contributed by atoms with Gasteiger partial charge in [-0.05, 0) is 35.9 Å². The number of hydrogen-bond acceptors (Lipinski definition) is 2. The summed E-state index contributed by atoms with van der Waals surface area (Å²) in [6, 6.07) is 6.62. The molecule has 6 heteroatoms. The van der Waals surface area contributed by atoms with Crippen LogP contribution >= 0.6 is 27.7 Å². The van der Waals surface area contributed by atoms with Gasteiger partial charge in [0.25, 0.3) is 0 Å². The summed E-state index contributed by atoms with van der Waals surface area (Å²) in [5, 5.41) is 8.42. The highest BCUT2D eigenvalue weighted by atomic mass is 79.9. The first-order valence-corrected chi connectivity index (χ1v) is 5.94. The lowest BCUT2D eigenvalue weighted by atomic mass is 10.1. The molecule has 1 rings (SSSR count). The summed E-state index contributed by atoms with van der Waals surface area (Å²) in [7, 11) is 0. The molecule has 0 fully saturated rings. The third-order valence-corrected chi connectivity index (χ3v) is 3.09. The molecule has 16 heavy (non-hydrogen) atoms. The molecule has 0 saturated carbocycles. The molecule has 0 aliphatic heterocycles. The van der Waals surface area contributed by atoms with Crippen molar-refractivity contribution in [3.8, 4) is 6.07 Å². The van der Waals surface area contributed by atoms with Crippen LogP contribution in [0.3, 0.4) is 0 Å². The Morgan fingerprint density at radius 3 is 2.62 bits per heavy atom. The number of aryl methyl sites for hydroxylation is 1. The fourth-order valence-corrected chi connectivity index (χ4v) is 2.39. The van der Waals surface area contributed by atoms with E-state index in [0.717, 1.165) is 0 Å². The molecule has 1 nitrogen and oxygen atoms in total. The second kappa shape index (κ2) is 5.60. The molecule has 0 aliphatic rings. The molecular weight excluding hydrogens is 303 g/mol. The molecule has 1 aromatic rings. The number of nitrogens with zero attached hydrogens (tertiary/aromatic N) is 1. The van der Waals surface area contributed by atoms with Gasteiger partial charge in [-0.1, -0.05) is 22.0 Å². The molecule has 0 aromatic heterocycles. The molecule has 0 saturated heterocycles. The van der Waals surface area contributed by atoms with Crippen LogP contribution in [0.1, 0.15) is 12.0 Å². The molecule has 0 spiro atoms. The van der Waals surface area contributed by atoms with Gasteiger partial charge in [-0.3, -0.25) is 0 Å². The van der Waals surface area contributed by atoms with Gasteiger partial charge in [0.1, 0.15) is 0 Å². The zero-order valence-corrected chi connectivity index (χ0v) is 10.4. The SMILES string of the molecule is N#CCCc1ccc(Br)cc1SC(F)(F)F. The minimum absolute atomic E-state index is 0.147. The summed E-state index contributed by atoms with van der Waals surface area (Å²) >= 11 is 2.98. The highest BCUT2D eigenvalue weighted by Gasteiger charge is 2.30. The first kappa shape index (κ1) is 13.4. The summed E-state index contributed by atoms with van der Waals surface area (Å²) in [4.78, 5) is 0.150. The molecule has 0 unspecified atom stereocenters. The molecule has 0 bridgehead atoms. The fraction of sp³-hybridized carbons (Fsp3) is 0.300. The van der Waals surface area contributed by atoms with Crippen LogP contribution in [0, 0.1) is 11.3 Å². The van der Waals surface area contributed by atoms with E-state index < -0.39 is 5.51 Å². The average Bonchev–Trinajstić information content (AvgIpc) is 2.14. The Balaban J connectivity index is 2.95. The van der Waals surface area contributed by atoms with Gasteiger partial charge in [0, 0.05) is 15.8 Å². The van der Waals surface area contributed by atoms with Crippen LogP contribution in [0.25, 0.3) is 0 Å². The van der Waals surface area contributed by atoms with Crippen molar-refractivity contribution in [1.29, 1.82) is 5.26 Å². The molecular formula is C10H7BrF3NS. The number of halogens is 4. The maximum Gasteiger partial charge on any atom is 0.446 e. The minimum atomic E-state index is -4.30. The molecule has 86 valence electrons. The summed E-state index contributed by atoms with van der Waals surface area (Å²) in [5.74, 6) is 0. The molecule has 0 aliphatic carbocycles. The van der Waals surface area contributed by atoms with Crippen molar-refractivity contribution in [3.63, 3.8) is 0 Å². The van der Waals surface area contributed by atoms with E-state index in [1.807, 2.05) is 6.07 Å². The van der Waals surface area contributed by atoms with E-state index in [-0.39, 0.29) is 23.1 Å². The molecule has 0 radical (unpaired) electrons. The van der Waals surface area contributed by atoms with Crippen molar-refractivity contribution in [2.75, 3.05) is 0 Å². The van der Waals surface area contributed by atoms with E-state index in [4.69, 9.17) is 5.26 Å². The van der Waals surface area contributed by atoms with E-state index in [2.05, 4.69) is 15.9 Å². The fourth-order valence-electron chi connectivity index (χ4n) is 1.15. The predicted octanol–water partition coefficient (Wildman–Crippen LogP) is 4.52. The molecule has 0 amide bonds. The first-order valence-electron chi connectivity index (χ1n) is 4.33. The van der Waals surface area contributed by atoms with E-state index >= 15 is 0 Å². The maximum absolute atomic E-state index is 12.3. The Hall–Kier alpha value is -0.670. The lowest BCUT2D eigenvalue weighted by Gasteiger charge is -2.10.